The number of carbonyl (C=O) groups excluding carboxylic acids is 1. The van der Waals surface area contributed by atoms with E-state index in [9.17, 15) is 4.79 Å². The Balaban J connectivity index is 2.77. The first kappa shape index (κ1) is 13.2. The van der Waals surface area contributed by atoms with E-state index in [4.69, 9.17) is 10.8 Å². The van der Waals surface area contributed by atoms with E-state index in [1.165, 1.54) is 11.1 Å². The number of nitrogens with two attached hydrogens (primary N) is 1. The molecule has 5 heteroatoms. The maximum absolute atomic E-state index is 11.8. The molecule has 0 aliphatic heterocycles. The van der Waals surface area contributed by atoms with Crippen LogP contribution in [0.5, 0.6) is 0 Å². The van der Waals surface area contributed by atoms with Gasteiger partial charge in [0, 0.05) is 25.4 Å². The van der Waals surface area contributed by atoms with Crippen molar-refractivity contribution < 1.29 is 9.90 Å². The number of carbonyl (C=O) groups is 1. The molecule has 90 valence electrons. The van der Waals surface area contributed by atoms with Crippen LogP contribution in [0.4, 0.5) is 0 Å². The molecule has 1 amide bonds. The van der Waals surface area contributed by atoms with Gasteiger partial charge in [-0.1, -0.05) is 11.8 Å². The van der Waals surface area contributed by atoms with E-state index in [1.54, 1.807) is 19.2 Å². The van der Waals surface area contributed by atoms with Crippen molar-refractivity contribution in [3.63, 3.8) is 0 Å². The van der Waals surface area contributed by atoms with Crippen molar-refractivity contribution in [2.75, 3.05) is 26.7 Å². The Labute approximate surface area is 100 Å². The highest BCUT2D eigenvalue weighted by atomic mass is 16.3. The molecule has 0 fully saturated rings. The van der Waals surface area contributed by atoms with Gasteiger partial charge in [0.2, 0.25) is 0 Å². The van der Waals surface area contributed by atoms with Gasteiger partial charge in [0.15, 0.2) is 0 Å². The lowest BCUT2D eigenvalue weighted by Gasteiger charge is -2.14. The first-order valence-electron chi connectivity index (χ1n) is 5.20. The topological polar surface area (TPSA) is 79.5 Å². The number of rotatable bonds is 3. The molecule has 0 aliphatic carbocycles. The fraction of sp³-hybridized carbons (Fsp3) is 0.333. The Hall–Kier alpha value is -1.90. The summed E-state index contributed by atoms with van der Waals surface area (Å²) in [6, 6.07) is 3.33. The van der Waals surface area contributed by atoms with E-state index in [1.807, 2.05) is 0 Å². The maximum atomic E-state index is 11.8. The number of hydrogen-bond acceptors (Lipinski definition) is 4. The van der Waals surface area contributed by atoms with E-state index in [-0.39, 0.29) is 19.1 Å². The molecule has 1 rings (SSSR count). The van der Waals surface area contributed by atoms with Crippen LogP contribution in [0.15, 0.2) is 18.3 Å². The summed E-state index contributed by atoms with van der Waals surface area (Å²) in [5.74, 6) is 5.30. The van der Waals surface area contributed by atoms with E-state index >= 15 is 0 Å². The largest absolute Gasteiger partial charge is 0.395 e. The molecule has 0 spiro atoms. The predicted molar refractivity (Wildman–Crippen MR) is 64.2 cm³/mol. The Morgan fingerprint density at radius 2 is 2.35 bits per heavy atom. The molecule has 1 heterocycles. The Morgan fingerprint density at radius 3 is 2.88 bits per heavy atom. The third-order valence-electron chi connectivity index (χ3n) is 2.10. The van der Waals surface area contributed by atoms with E-state index < -0.39 is 0 Å². The molecule has 3 N–H and O–H groups in total. The molecule has 0 unspecified atom stereocenters. The number of hydrogen-bond donors (Lipinski definition) is 2. The van der Waals surface area contributed by atoms with Gasteiger partial charge < -0.3 is 15.7 Å². The highest BCUT2D eigenvalue weighted by Crippen LogP contribution is 2.02. The quantitative estimate of drug-likeness (QED) is 0.687. The molecule has 1 aromatic rings. The summed E-state index contributed by atoms with van der Waals surface area (Å²) in [6.45, 7) is 0.511. The zero-order valence-electron chi connectivity index (χ0n) is 9.68. The van der Waals surface area contributed by atoms with E-state index in [2.05, 4.69) is 16.8 Å². The van der Waals surface area contributed by atoms with Crippen molar-refractivity contribution in [3.05, 3.63) is 29.6 Å². The number of aliphatic hydroxyl groups excluding tert-OH is 1. The fourth-order valence-electron chi connectivity index (χ4n) is 1.19. The smallest absolute Gasteiger partial charge is 0.272 e. The average Bonchev–Trinajstić information content (AvgIpc) is 2.36. The lowest BCUT2D eigenvalue weighted by molar-refractivity contribution is 0.0761. The Bertz CT molecular complexity index is 431. The van der Waals surface area contributed by atoms with Gasteiger partial charge in [0.1, 0.15) is 5.69 Å². The normalized spacial score (nSPS) is 9.35. The van der Waals surface area contributed by atoms with Crippen molar-refractivity contribution in [3.8, 4) is 11.8 Å². The second-order valence-corrected chi connectivity index (χ2v) is 3.39. The van der Waals surface area contributed by atoms with Gasteiger partial charge in [-0.25, -0.2) is 4.98 Å². The fourth-order valence-corrected chi connectivity index (χ4v) is 1.19. The van der Waals surface area contributed by atoms with Crippen molar-refractivity contribution in [2.24, 2.45) is 5.73 Å². The second kappa shape index (κ2) is 6.63. The van der Waals surface area contributed by atoms with Crippen LogP contribution in [0.25, 0.3) is 0 Å². The third-order valence-corrected chi connectivity index (χ3v) is 2.10. The minimum absolute atomic E-state index is 0.0672. The van der Waals surface area contributed by atoms with Gasteiger partial charge in [-0.15, -0.1) is 0 Å². The standard InChI is InChI=1S/C12H15N3O2/c1-15(7-8-16)12(17)11-5-4-10(9-14-11)3-2-6-13/h4-5,9,16H,6-8,13H2,1H3. The Kier molecular flexibility index (Phi) is 5.14. The molecule has 5 nitrogen and oxygen atoms in total. The highest BCUT2D eigenvalue weighted by molar-refractivity contribution is 5.92. The molecule has 17 heavy (non-hydrogen) atoms. The van der Waals surface area contributed by atoms with Gasteiger partial charge in [-0.2, -0.15) is 0 Å². The molecular weight excluding hydrogens is 218 g/mol. The monoisotopic (exact) mass is 233 g/mol. The molecule has 0 aliphatic rings. The first-order chi connectivity index (χ1) is 8.19. The summed E-state index contributed by atoms with van der Waals surface area (Å²) in [5.41, 5.74) is 6.30. The average molecular weight is 233 g/mol. The van der Waals surface area contributed by atoms with Gasteiger partial charge in [-0.05, 0) is 12.1 Å². The second-order valence-electron chi connectivity index (χ2n) is 3.39. The lowest BCUT2D eigenvalue weighted by Crippen LogP contribution is -2.30. The van der Waals surface area contributed by atoms with Crippen molar-refractivity contribution in [1.29, 1.82) is 0 Å². The molecule has 0 saturated heterocycles. The molecule has 0 saturated carbocycles. The molecule has 0 atom stereocenters. The summed E-state index contributed by atoms with van der Waals surface area (Å²) in [5, 5.41) is 8.73. The number of nitrogens with zero attached hydrogens (tertiary/aromatic N) is 2. The zero-order valence-corrected chi connectivity index (χ0v) is 9.68. The van der Waals surface area contributed by atoms with Crippen molar-refractivity contribution in [1.82, 2.24) is 9.88 Å². The van der Waals surface area contributed by atoms with Crippen LogP contribution in [0, 0.1) is 11.8 Å². The SMILES string of the molecule is CN(CCO)C(=O)c1ccc(C#CCN)cn1. The first-order valence-corrected chi connectivity index (χ1v) is 5.20. The summed E-state index contributed by atoms with van der Waals surface area (Å²) < 4.78 is 0. The third kappa shape index (κ3) is 3.87. The highest BCUT2D eigenvalue weighted by Gasteiger charge is 2.11. The number of aliphatic hydroxyl groups is 1. The van der Waals surface area contributed by atoms with Crippen LogP contribution in [-0.4, -0.2) is 47.6 Å². The van der Waals surface area contributed by atoms with E-state index in [0.29, 0.717) is 12.2 Å². The van der Waals surface area contributed by atoms with E-state index in [0.717, 1.165) is 5.56 Å². The lowest BCUT2D eigenvalue weighted by atomic mass is 10.2. The number of pyridine rings is 1. The number of aromatic nitrogens is 1. The number of likely N-dealkylation sites (N-methyl/N-ethyl adjacent to an activating group) is 1. The molecular formula is C12H15N3O2. The zero-order chi connectivity index (χ0) is 12.7. The summed E-state index contributed by atoms with van der Waals surface area (Å²) in [4.78, 5) is 17.2. The van der Waals surface area contributed by atoms with Crippen LogP contribution in [0.1, 0.15) is 16.1 Å². The molecule has 1 aromatic heterocycles. The molecule has 0 radical (unpaired) electrons. The summed E-state index contributed by atoms with van der Waals surface area (Å²) in [6.07, 6.45) is 1.53. The van der Waals surface area contributed by atoms with Crippen molar-refractivity contribution in [2.45, 2.75) is 0 Å². The van der Waals surface area contributed by atoms with Crippen LogP contribution in [0.3, 0.4) is 0 Å². The predicted octanol–water partition coefficient (Wildman–Crippen LogP) is -0.544. The van der Waals surface area contributed by atoms with Gasteiger partial charge in [0.05, 0.1) is 13.2 Å². The summed E-state index contributed by atoms with van der Waals surface area (Å²) >= 11 is 0. The maximum Gasteiger partial charge on any atom is 0.272 e. The van der Waals surface area contributed by atoms with Gasteiger partial charge in [-0.3, -0.25) is 4.79 Å². The van der Waals surface area contributed by atoms with Gasteiger partial charge >= 0.3 is 0 Å². The molecule has 0 aromatic carbocycles. The Morgan fingerprint density at radius 1 is 1.59 bits per heavy atom. The van der Waals surface area contributed by atoms with Crippen molar-refractivity contribution >= 4 is 5.91 Å². The van der Waals surface area contributed by atoms with Crippen LogP contribution < -0.4 is 5.73 Å². The number of amides is 1. The van der Waals surface area contributed by atoms with Gasteiger partial charge in [0.25, 0.3) is 5.91 Å². The summed E-state index contributed by atoms with van der Waals surface area (Å²) in [7, 11) is 1.61. The molecule has 0 bridgehead atoms. The minimum Gasteiger partial charge on any atom is -0.395 e. The van der Waals surface area contributed by atoms with Crippen LogP contribution >= 0.6 is 0 Å². The minimum atomic E-state index is -0.225. The van der Waals surface area contributed by atoms with Crippen LogP contribution in [-0.2, 0) is 0 Å². The van der Waals surface area contributed by atoms with Crippen LogP contribution in [0.2, 0.25) is 0 Å².